The van der Waals surface area contributed by atoms with E-state index in [1.54, 1.807) is 38.1 Å². The summed E-state index contributed by atoms with van der Waals surface area (Å²) in [4.78, 5) is 27.7. The van der Waals surface area contributed by atoms with E-state index in [-0.39, 0.29) is 11.7 Å². The van der Waals surface area contributed by atoms with Crippen LogP contribution < -0.4 is 0 Å². The number of ether oxygens (including phenoxy) is 1. The number of piperidine rings is 1. The minimum absolute atomic E-state index is 0.0220. The topological polar surface area (TPSA) is 107 Å². The van der Waals surface area contributed by atoms with Gasteiger partial charge in [0.1, 0.15) is 5.75 Å². The van der Waals surface area contributed by atoms with Crippen LogP contribution in [0.4, 0.5) is 0 Å². The normalized spacial score (nSPS) is 15.3. The number of aromatic hydroxyl groups is 1. The largest absolute Gasteiger partial charge is 0.508 e. The van der Waals surface area contributed by atoms with Crippen molar-refractivity contribution in [3.05, 3.63) is 137 Å². The maximum atomic E-state index is 13.7. The number of benzene rings is 4. The Kier molecular flexibility index (Phi) is 10.2. The van der Waals surface area contributed by atoms with Gasteiger partial charge in [0, 0.05) is 17.0 Å². The Morgan fingerprint density at radius 3 is 1.87 bits per heavy atom. The molecule has 1 saturated heterocycles. The first kappa shape index (κ1) is 32.9. The molecule has 1 aliphatic heterocycles. The average Bonchev–Trinajstić information content (AvgIpc) is 3.08. The molecule has 1 aliphatic rings. The first-order valence-electron chi connectivity index (χ1n) is 16.0. The van der Waals surface area contributed by atoms with Crippen molar-refractivity contribution < 1.29 is 29.6 Å². The summed E-state index contributed by atoms with van der Waals surface area (Å²) in [5, 5.41) is 30.1. The highest BCUT2D eigenvalue weighted by Crippen LogP contribution is 2.46. The van der Waals surface area contributed by atoms with Crippen molar-refractivity contribution in [2.45, 2.75) is 56.7 Å². The Bertz CT molecular complexity index is 1540. The first-order valence-corrected chi connectivity index (χ1v) is 16.0. The number of carbonyl (C=O) groups excluding carboxylic acids is 1. The predicted molar refractivity (Wildman–Crippen MR) is 178 cm³/mol. The summed E-state index contributed by atoms with van der Waals surface area (Å²) in [7, 11) is 0. The highest BCUT2D eigenvalue weighted by atomic mass is 16.6. The van der Waals surface area contributed by atoms with E-state index in [2.05, 4.69) is 4.90 Å². The second-order valence-corrected chi connectivity index (χ2v) is 12.7. The Morgan fingerprint density at radius 2 is 1.35 bits per heavy atom. The summed E-state index contributed by atoms with van der Waals surface area (Å²) >= 11 is 0. The molecule has 5 rings (SSSR count). The third kappa shape index (κ3) is 7.16. The number of carboxylic acids is 1. The minimum atomic E-state index is -0.999. The fourth-order valence-electron chi connectivity index (χ4n) is 6.50. The molecule has 0 saturated carbocycles. The number of carbonyl (C=O) groups is 2. The summed E-state index contributed by atoms with van der Waals surface area (Å²) in [6.07, 6.45) is 2.42. The fourth-order valence-corrected chi connectivity index (χ4v) is 6.50. The molecule has 4 aromatic carbocycles. The molecule has 3 N–H and O–H groups in total. The van der Waals surface area contributed by atoms with Gasteiger partial charge in [-0.2, -0.15) is 0 Å². The number of esters is 1. The minimum Gasteiger partial charge on any atom is -0.508 e. The lowest BCUT2D eigenvalue weighted by molar-refractivity contribution is -0.142. The number of rotatable bonds is 12. The number of aliphatic carboxylic acids is 1. The van der Waals surface area contributed by atoms with Crippen molar-refractivity contribution in [1.29, 1.82) is 0 Å². The number of hydrogen-bond acceptors (Lipinski definition) is 6. The van der Waals surface area contributed by atoms with Crippen LogP contribution in [0.5, 0.6) is 5.75 Å². The van der Waals surface area contributed by atoms with Gasteiger partial charge in [-0.25, -0.2) is 4.79 Å². The Morgan fingerprint density at radius 1 is 0.804 bits per heavy atom. The monoisotopic (exact) mass is 621 g/mol. The highest BCUT2D eigenvalue weighted by Gasteiger charge is 2.47. The Hall–Kier alpha value is -4.46. The number of likely N-dealkylation sites (tertiary alicyclic amines) is 1. The highest BCUT2D eigenvalue weighted by molar-refractivity contribution is 5.90. The third-order valence-corrected chi connectivity index (χ3v) is 9.43. The van der Waals surface area contributed by atoms with Crippen LogP contribution in [0.1, 0.15) is 78.2 Å². The fraction of sp³-hybridized carbons (Fsp3) is 0.333. The van der Waals surface area contributed by atoms with E-state index in [9.17, 15) is 24.9 Å². The van der Waals surface area contributed by atoms with Gasteiger partial charge < -0.3 is 25.0 Å². The van der Waals surface area contributed by atoms with Gasteiger partial charge in [0.2, 0.25) is 0 Å². The number of aliphatic hydroxyl groups excluding tert-OH is 1. The van der Waals surface area contributed by atoms with Crippen molar-refractivity contribution in [1.82, 2.24) is 4.90 Å². The van der Waals surface area contributed by atoms with E-state index < -0.39 is 29.1 Å². The third-order valence-electron chi connectivity index (χ3n) is 9.43. The van der Waals surface area contributed by atoms with Crippen LogP contribution in [0.2, 0.25) is 0 Å². The molecule has 1 heterocycles. The number of phenols is 1. The molecule has 1 unspecified atom stereocenters. The van der Waals surface area contributed by atoms with Crippen LogP contribution in [0, 0.1) is 5.92 Å². The molecule has 0 radical (unpaired) electrons. The van der Waals surface area contributed by atoms with Gasteiger partial charge >= 0.3 is 11.9 Å². The average molecular weight is 622 g/mol. The number of nitrogens with zero attached hydrogens (tertiary/aromatic N) is 1. The van der Waals surface area contributed by atoms with E-state index in [0.717, 1.165) is 55.6 Å². The molecule has 240 valence electrons. The van der Waals surface area contributed by atoms with Gasteiger partial charge in [0.25, 0.3) is 0 Å². The molecular weight excluding hydrogens is 578 g/mol. The van der Waals surface area contributed by atoms with Crippen LogP contribution in [-0.2, 0) is 20.5 Å². The molecule has 0 aromatic heterocycles. The van der Waals surface area contributed by atoms with Crippen LogP contribution in [0.25, 0.3) is 0 Å². The molecular formula is C39H43NO6. The summed E-state index contributed by atoms with van der Waals surface area (Å²) < 4.78 is 6.61. The van der Waals surface area contributed by atoms with Gasteiger partial charge in [-0.05, 0) is 94.6 Å². The molecule has 0 amide bonds. The molecule has 1 fully saturated rings. The standard InChI is InChI=1S/C39H43NO6/c1-38(2,37(44)45)30-19-15-28(16-20-30)35(42)14-9-25-40-26-23-33(24-27-40)39(31-10-5-3-6-11-31,32-12-7-4-8-13-32)46-36(43)29-17-21-34(41)22-18-29/h3-8,10-13,15-22,33,35,41-42H,9,14,23-27H2,1-2H3,(H,44,45). The number of phenolic OH excluding ortho intramolecular Hbond substituents is 1. The first-order chi connectivity index (χ1) is 22.1. The smallest absolute Gasteiger partial charge is 0.339 e. The lowest BCUT2D eigenvalue weighted by Gasteiger charge is -2.45. The Balaban J connectivity index is 1.28. The zero-order valence-corrected chi connectivity index (χ0v) is 26.5. The van der Waals surface area contributed by atoms with Crippen LogP contribution in [0.3, 0.4) is 0 Å². The van der Waals surface area contributed by atoms with Crippen molar-refractivity contribution >= 4 is 11.9 Å². The number of hydrogen-bond donors (Lipinski definition) is 3. The van der Waals surface area contributed by atoms with E-state index in [0.29, 0.717) is 17.5 Å². The lowest BCUT2D eigenvalue weighted by atomic mass is 9.71. The molecule has 0 spiro atoms. The summed E-state index contributed by atoms with van der Waals surface area (Å²) in [6, 6.07) is 33.3. The van der Waals surface area contributed by atoms with Gasteiger partial charge in [0.05, 0.1) is 17.1 Å². The summed E-state index contributed by atoms with van der Waals surface area (Å²) in [5.74, 6) is -1.21. The predicted octanol–water partition coefficient (Wildman–Crippen LogP) is 7.08. The van der Waals surface area contributed by atoms with E-state index >= 15 is 0 Å². The van der Waals surface area contributed by atoms with Crippen molar-refractivity contribution in [3.63, 3.8) is 0 Å². The van der Waals surface area contributed by atoms with Crippen molar-refractivity contribution in [2.75, 3.05) is 19.6 Å². The quantitative estimate of drug-likeness (QED) is 0.145. The Labute approximate surface area is 271 Å². The molecule has 4 aromatic rings. The van der Waals surface area contributed by atoms with Crippen LogP contribution in [-0.4, -0.2) is 51.8 Å². The number of carboxylic acid groups (broad SMARTS) is 1. The van der Waals surface area contributed by atoms with Crippen LogP contribution in [0.15, 0.2) is 109 Å². The molecule has 7 heteroatoms. The maximum Gasteiger partial charge on any atom is 0.339 e. The zero-order valence-electron chi connectivity index (χ0n) is 26.5. The summed E-state index contributed by atoms with van der Waals surface area (Å²) in [5.41, 5.74) is 1.73. The maximum absolute atomic E-state index is 13.7. The van der Waals surface area contributed by atoms with E-state index in [1.165, 1.54) is 12.1 Å². The molecule has 0 bridgehead atoms. The van der Waals surface area contributed by atoms with E-state index in [1.807, 2.05) is 72.8 Å². The second-order valence-electron chi connectivity index (χ2n) is 12.7. The van der Waals surface area contributed by atoms with Gasteiger partial charge in [0.15, 0.2) is 5.60 Å². The van der Waals surface area contributed by atoms with Crippen molar-refractivity contribution in [3.8, 4) is 5.75 Å². The van der Waals surface area contributed by atoms with Gasteiger partial charge in [-0.1, -0.05) is 84.9 Å². The van der Waals surface area contributed by atoms with Crippen molar-refractivity contribution in [2.24, 2.45) is 5.92 Å². The van der Waals surface area contributed by atoms with Gasteiger partial charge in [-0.3, -0.25) is 4.79 Å². The van der Waals surface area contributed by atoms with Crippen LogP contribution >= 0.6 is 0 Å². The molecule has 1 atom stereocenters. The van der Waals surface area contributed by atoms with E-state index in [4.69, 9.17) is 4.74 Å². The summed E-state index contributed by atoms with van der Waals surface area (Å²) in [6.45, 7) is 5.85. The molecule has 7 nitrogen and oxygen atoms in total. The molecule has 46 heavy (non-hydrogen) atoms. The second kappa shape index (κ2) is 14.3. The number of aliphatic hydroxyl groups is 1. The zero-order chi connectivity index (χ0) is 32.7. The lowest BCUT2D eigenvalue weighted by Crippen LogP contribution is -2.47. The van der Waals surface area contributed by atoms with Gasteiger partial charge in [-0.15, -0.1) is 0 Å². The SMILES string of the molecule is CC(C)(C(=O)O)c1ccc(C(O)CCCN2CCC(C(OC(=O)c3ccc(O)cc3)(c3ccccc3)c3ccccc3)CC2)cc1. The molecule has 0 aliphatic carbocycles.